The van der Waals surface area contributed by atoms with Crippen molar-refractivity contribution in [2.24, 2.45) is 0 Å². The number of aromatic nitrogens is 2. The van der Waals surface area contributed by atoms with E-state index in [1.807, 2.05) is 0 Å². The maximum Gasteiger partial charge on any atom is 0.225 e. The molecule has 0 spiro atoms. The van der Waals surface area contributed by atoms with E-state index in [-0.39, 0.29) is 0 Å². The van der Waals surface area contributed by atoms with E-state index >= 15 is 0 Å². The van der Waals surface area contributed by atoms with Gasteiger partial charge in [0.1, 0.15) is 10.4 Å². The Morgan fingerprint density at radius 1 is 1.33 bits per heavy atom. The summed E-state index contributed by atoms with van der Waals surface area (Å²) < 4.78 is 0.706. The number of piperazine rings is 1. The van der Waals surface area contributed by atoms with Crippen molar-refractivity contribution >= 4 is 27.7 Å². The van der Waals surface area contributed by atoms with Crippen molar-refractivity contribution in [2.45, 2.75) is 0 Å². The molecule has 0 aliphatic carbocycles. The lowest BCUT2D eigenvalue weighted by Gasteiger charge is -2.32. The third-order valence-corrected chi connectivity index (χ3v) is 3.43. The monoisotopic (exact) mass is 314 g/mol. The highest BCUT2D eigenvalue weighted by Gasteiger charge is 2.12. The SMILES string of the molecule is CN1CCN(CCNc2nc(N)cc(Br)n2)CC1. The Kier molecular flexibility index (Phi) is 4.73. The summed E-state index contributed by atoms with van der Waals surface area (Å²) in [7, 11) is 2.16. The van der Waals surface area contributed by atoms with Gasteiger partial charge in [-0.3, -0.25) is 4.90 Å². The number of halogens is 1. The van der Waals surface area contributed by atoms with Gasteiger partial charge in [-0.2, -0.15) is 4.98 Å². The lowest BCUT2D eigenvalue weighted by atomic mass is 10.3. The average molecular weight is 315 g/mol. The number of hydrogen-bond acceptors (Lipinski definition) is 6. The minimum absolute atomic E-state index is 0.471. The Hall–Kier alpha value is -0.920. The number of rotatable bonds is 4. The summed E-state index contributed by atoms with van der Waals surface area (Å²) in [5.41, 5.74) is 5.65. The van der Waals surface area contributed by atoms with Crippen LogP contribution in [0.1, 0.15) is 0 Å². The van der Waals surface area contributed by atoms with E-state index in [0.717, 1.165) is 39.3 Å². The van der Waals surface area contributed by atoms with Crippen LogP contribution in [0.3, 0.4) is 0 Å². The number of nitrogens with one attached hydrogen (secondary N) is 1. The van der Waals surface area contributed by atoms with Crippen LogP contribution in [0.25, 0.3) is 0 Å². The molecule has 0 aromatic carbocycles. The van der Waals surface area contributed by atoms with Gasteiger partial charge in [0, 0.05) is 45.3 Å². The first-order valence-electron chi connectivity index (χ1n) is 6.08. The van der Waals surface area contributed by atoms with E-state index in [0.29, 0.717) is 16.4 Å². The van der Waals surface area contributed by atoms with Crippen LogP contribution in [0.15, 0.2) is 10.7 Å². The maximum atomic E-state index is 5.65. The molecule has 100 valence electrons. The van der Waals surface area contributed by atoms with Crippen LogP contribution < -0.4 is 11.1 Å². The van der Waals surface area contributed by atoms with Crippen molar-refractivity contribution in [3.63, 3.8) is 0 Å². The van der Waals surface area contributed by atoms with Gasteiger partial charge >= 0.3 is 0 Å². The molecule has 1 aromatic heterocycles. The maximum absolute atomic E-state index is 5.65. The van der Waals surface area contributed by atoms with Gasteiger partial charge in [0.15, 0.2) is 0 Å². The van der Waals surface area contributed by atoms with Gasteiger partial charge in [-0.15, -0.1) is 0 Å². The normalized spacial score (nSPS) is 17.9. The highest BCUT2D eigenvalue weighted by molar-refractivity contribution is 9.10. The Morgan fingerprint density at radius 3 is 2.72 bits per heavy atom. The van der Waals surface area contributed by atoms with Gasteiger partial charge in [0.2, 0.25) is 5.95 Å². The number of nitrogen functional groups attached to an aromatic ring is 1. The third kappa shape index (κ3) is 4.08. The number of nitrogens with zero attached hydrogens (tertiary/aromatic N) is 4. The van der Waals surface area contributed by atoms with Crippen LogP contribution in [0.5, 0.6) is 0 Å². The molecule has 1 aliphatic heterocycles. The molecule has 0 amide bonds. The molecule has 1 saturated heterocycles. The first-order chi connectivity index (χ1) is 8.63. The van der Waals surface area contributed by atoms with E-state index in [4.69, 9.17) is 5.73 Å². The van der Waals surface area contributed by atoms with Gasteiger partial charge in [-0.25, -0.2) is 4.98 Å². The molecule has 1 aromatic rings. The summed E-state index contributed by atoms with van der Waals surface area (Å²) >= 11 is 3.30. The molecule has 18 heavy (non-hydrogen) atoms. The molecule has 2 heterocycles. The van der Waals surface area contributed by atoms with Crippen LogP contribution in [0.4, 0.5) is 11.8 Å². The molecule has 0 radical (unpaired) electrons. The summed E-state index contributed by atoms with van der Waals surface area (Å²) in [5.74, 6) is 1.05. The zero-order valence-corrected chi connectivity index (χ0v) is 12.2. The fourth-order valence-corrected chi connectivity index (χ4v) is 2.31. The number of nitrogens with two attached hydrogens (primary N) is 1. The molecular formula is C11H19BrN6. The molecule has 0 unspecified atom stereocenters. The number of hydrogen-bond donors (Lipinski definition) is 2. The van der Waals surface area contributed by atoms with Gasteiger partial charge < -0.3 is 16.0 Å². The highest BCUT2D eigenvalue weighted by Crippen LogP contribution is 2.12. The molecule has 3 N–H and O–H groups in total. The summed E-state index contributed by atoms with van der Waals surface area (Å²) in [6.07, 6.45) is 0. The summed E-state index contributed by atoms with van der Waals surface area (Å²) in [6, 6.07) is 1.69. The van der Waals surface area contributed by atoms with Crippen molar-refractivity contribution in [2.75, 3.05) is 57.4 Å². The highest BCUT2D eigenvalue weighted by atomic mass is 79.9. The fraction of sp³-hybridized carbons (Fsp3) is 0.636. The molecule has 1 aliphatic rings. The van der Waals surface area contributed by atoms with Crippen molar-refractivity contribution in [1.82, 2.24) is 19.8 Å². The standard InChI is InChI=1S/C11H19BrN6/c1-17-4-6-18(7-5-17)3-2-14-11-15-9(12)8-10(13)16-11/h8H,2-7H2,1H3,(H3,13,14,15,16). The predicted octanol–water partition coefficient (Wildman–Crippen LogP) is 0.481. The van der Waals surface area contributed by atoms with Gasteiger partial charge in [-0.1, -0.05) is 0 Å². The molecule has 0 saturated carbocycles. The molecule has 7 heteroatoms. The second-order valence-electron chi connectivity index (χ2n) is 4.51. The Balaban J connectivity index is 1.74. The molecule has 6 nitrogen and oxygen atoms in total. The quantitative estimate of drug-likeness (QED) is 0.788. The molecule has 2 rings (SSSR count). The summed E-state index contributed by atoms with van der Waals surface area (Å²) in [6.45, 7) is 6.36. The fourth-order valence-electron chi connectivity index (χ4n) is 1.91. The molecule has 1 fully saturated rings. The topological polar surface area (TPSA) is 70.3 Å². The summed E-state index contributed by atoms with van der Waals surface area (Å²) in [4.78, 5) is 13.1. The Bertz CT molecular complexity index is 371. The zero-order valence-electron chi connectivity index (χ0n) is 10.6. The molecular weight excluding hydrogens is 296 g/mol. The first kappa shape index (κ1) is 13.5. The van der Waals surface area contributed by atoms with E-state index in [1.54, 1.807) is 6.07 Å². The van der Waals surface area contributed by atoms with Crippen LogP contribution in [-0.2, 0) is 0 Å². The number of likely N-dealkylation sites (N-methyl/N-ethyl adjacent to an activating group) is 1. The van der Waals surface area contributed by atoms with Gasteiger partial charge in [0.25, 0.3) is 0 Å². The largest absolute Gasteiger partial charge is 0.383 e. The Morgan fingerprint density at radius 2 is 2.06 bits per heavy atom. The van der Waals surface area contributed by atoms with Gasteiger partial charge in [-0.05, 0) is 23.0 Å². The second kappa shape index (κ2) is 6.31. The van der Waals surface area contributed by atoms with Crippen LogP contribution in [0.2, 0.25) is 0 Å². The van der Waals surface area contributed by atoms with Crippen molar-refractivity contribution in [3.8, 4) is 0 Å². The smallest absolute Gasteiger partial charge is 0.225 e. The van der Waals surface area contributed by atoms with Crippen molar-refractivity contribution in [1.29, 1.82) is 0 Å². The predicted molar refractivity (Wildman–Crippen MR) is 76.6 cm³/mol. The minimum Gasteiger partial charge on any atom is -0.383 e. The minimum atomic E-state index is 0.471. The third-order valence-electron chi connectivity index (χ3n) is 3.02. The van der Waals surface area contributed by atoms with Crippen LogP contribution >= 0.6 is 15.9 Å². The molecule has 0 atom stereocenters. The van der Waals surface area contributed by atoms with Crippen molar-refractivity contribution < 1.29 is 0 Å². The van der Waals surface area contributed by atoms with Gasteiger partial charge in [0.05, 0.1) is 0 Å². The van der Waals surface area contributed by atoms with E-state index in [1.165, 1.54) is 0 Å². The summed E-state index contributed by atoms with van der Waals surface area (Å²) in [5, 5.41) is 3.20. The average Bonchev–Trinajstić information content (AvgIpc) is 2.30. The van der Waals surface area contributed by atoms with E-state index in [2.05, 4.69) is 48.1 Å². The van der Waals surface area contributed by atoms with Crippen LogP contribution in [0, 0.1) is 0 Å². The van der Waals surface area contributed by atoms with Crippen molar-refractivity contribution in [3.05, 3.63) is 10.7 Å². The van der Waals surface area contributed by atoms with E-state index < -0.39 is 0 Å². The zero-order chi connectivity index (χ0) is 13.0. The lowest BCUT2D eigenvalue weighted by molar-refractivity contribution is 0.158. The number of anilines is 2. The lowest BCUT2D eigenvalue weighted by Crippen LogP contribution is -2.45. The first-order valence-corrected chi connectivity index (χ1v) is 6.87. The Labute approximate surface area is 116 Å². The van der Waals surface area contributed by atoms with Crippen LogP contribution in [-0.4, -0.2) is 66.1 Å². The molecule has 0 bridgehead atoms. The second-order valence-corrected chi connectivity index (χ2v) is 5.32. The van der Waals surface area contributed by atoms with E-state index in [9.17, 15) is 0 Å².